The number of nitrogens with zero attached hydrogens (tertiary/aromatic N) is 3. The molecule has 1 aromatic heterocycles. The molecule has 28 heavy (non-hydrogen) atoms. The topological polar surface area (TPSA) is 74.8 Å². The minimum atomic E-state index is -0.582. The fraction of sp³-hybridized carbons (Fsp3) is 0.421. The molecule has 2 amide bonds. The first-order chi connectivity index (χ1) is 13.1. The Bertz CT molecular complexity index is 991. The molecular weight excluding hydrogens is 448 g/mol. The van der Waals surface area contributed by atoms with Crippen LogP contribution < -0.4 is 10.2 Å². The third kappa shape index (κ3) is 3.39. The van der Waals surface area contributed by atoms with Gasteiger partial charge >= 0.3 is 6.09 Å². The number of rotatable bonds is 0. The maximum Gasteiger partial charge on any atom is 0.410 e. The third-order valence-electron chi connectivity index (χ3n) is 4.76. The smallest absolute Gasteiger partial charge is 0.410 e. The molecule has 1 N–H and O–H groups in total. The molecule has 148 valence electrons. The van der Waals surface area contributed by atoms with Crippen molar-refractivity contribution in [2.45, 2.75) is 32.4 Å². The van der Waals surface area contributed by atoms with Crippen LogP contribution in [0.5, 0.6) is 0 Å². The summed E-state index contributed by atoms with van der Waals surface area (Å²) in [7, 11) is 0. The van der Waals surface area contributed by atoms with Gasteiger partial charge in [0.15, 0.2) is 0 Å². The van der Waals surface area contributed by atoms with Crippen LogP contribution in [0.3, 0.4) is 0 Å². The molecule has 0 spiro atoms. The van der Waals surface area contributed by atoms with E-state index in [4.69, 9.17) is 16.3 Å². The summed E-state index contributed by atoms with van der Waals surface area (Å²) < 4.78 is 6.23. The number of carbonyl (C=O) groups is 2. The van der Waals surface area contributed by atoms with Crippen LogP contribution in [-0.4, -0.2) is 53.2 Å². The Morgan fingerprint density at radius 1 is 1.36 bits per heavy atom. The monoisotopic (exact) mass is 466 g/mol. The van der Waals surface area contributed by atoms with Crippen LogP contribution in [0.2, 0.25) is 5.02 Å². The van der Waals surface area contributed by atoms with Crippen molar-refractivity contribution in [3.05, 3.63) is 27.8 Å². The highest BCUT2D eigenvalue weighted by Crippen LogP contribution is 2.41. The lowest BCUT2D eigenvalue weighted by atomic mass is 10.0. The van der Waals surface area contributed by atoms with Gasteiger partial charge in [-0.05, 0) is 48.8 Å². The second-order valence-electron chi connectivity index (χ2n) is 7.93. The Morgan fingerprint density at radius 3 is 2.82 bits per heavy atom. The van der Waals surface area contributed by atoms with E-state index in [0.29, 0.717) is 23.8 Å². The number of halogens is 2. The molecule has 2 aromatic rings. The molecule has 1 fully saturated rings. The largest absolute Gasteiger partial charge is 0.444 e. The van der Waals surface area contributed by atoms with Crippen molar-refractivity contribution in [2.24, 2.45) is 0 Å². The van der Waals surface area contributed by atoms with Gasteiger partial charge in [0.1, 0.15) is 11.6 Å². The van der Waals surface area contributed by atoms with Crippen molar-refractivity contribution in [3.63, 3.8) is 0 Å². The maximum atomic E-state index is 12.7. The maximum absolute atomic E-state index is 12.7. The number of anilines is 2. The molecule has 0 unspecified atom stereocenters. The molecular formula is C19H20BrClN4O3. The predicted molar refractivity (Wildman–Crippen MR) is 112 cm³/mol. The van der Waals surface area contributed by atoms with Gasteiger partial charge in [0.25, 0.3) is 0 Å². The van der Waals surface area contributed by atoms with Gasteiger partial charge < -0.3 is 19.9 Å². The quantitative estimate of drug-likeness (QED) is 0.633. The summed E-state index contributed by atoms with van der Waals surface area (Å²) in [5, 5.41) is 4.35. The van der Waals surface area contributed by atoms with Crippen molar-refractivity contribution >= 4 is 61.8 Å². The van der Waals surface area contributed by atoms with Gasteiger partial charge in [-0.25, -0.2) is 4.79 Å². The molecule has 0 radical (unpaired) electrons. The van der Waals surface area contributed by atoms with Crippen molar-refractivity contribution < 1.29 is 14.3 Å². The van der Waals surface area contributed by atoms with E-state index in [9.17, 15) is 9.59 Å². The van der Waals surface area contributed by atoms with E-state index in [0.717, 1.165) is 21.1 Å². The van der Waals surface area contributed by atoms with Gasteiger partial charge in [-0.3, -0.25) is 9.78 Å². The third-order valence-corrected chi connectivity index (χ3v) is 5.96. The van der Waals surface area contributed by atoms with Gasteiger partial charge in [0.2, 0.25) is 5.91 Å². The second kappa shape index (κ2) is 6.77. The molecule has 1 aromatic carbocycles. The second-order valence-corrected chi connectivity index (χ2v) is 9.19. The molecule has 7 nitrogen and oxygen atoms in total. The molecule has 0 aliphatic carbocycles. The lowest BCUT2D eigenvalue weighted by Gasteiger charge is -2.45. The number of ether oxygens (including phenoxy) is 1. The zero-order valence-corrected chi connectivity index (χ0v) is 18.1. The number of piperazine rings is 1. The van der Waals surface area contributed by atoms with E-state index >= 15 is 0 Å². The average molecular weight is 468 g/mol. The van der Waals surface area contributed by atoms with Gasteiger partial charge in [0.05, 0.1) is 34.7 Å². The average Bonchev–Trinajstić information content (AvgIpc) is 2.61. The summed E-state index contributed by atoms with van der Waals surface area (Å²) in [6.07, 6.45) is 1.25. The first-order valence-corrected chi connectivity index (χ1v) is 10.1. The number of hydrogen-bond donors (Lipinski definition) is 1. The minimum absolute atomic E-state index is 0.162. The van der Waals surface area contributed by atoms with Crippen LogP contribution in [0.4, 0.5) is 16.2 Å². The first kappa shape index (κ1) is 19.3. The van der Waals surface area contributed by atoms with E-state index in [1.165, 1.54) is 0 Å². The highest BCUT2D eigenvalue weighted by atomic mass is 79.9. The fourth-order valence-electron chi connectivity index (χ4n) is 3.56. The summed E-state index contributed by atoms with van der Waals surface area (Å²) in [5.74, 6) is -0.162. The molecule has 1 atom stereocenters. The van der Waals surface area contributed by atoms with Crippen LogP contribution in [0.25, 0.3) is 10.9 Å². The number of carbonyl (C=O) groups excluding carboxylic acids is 2. The molecule has 9 heteroatoms. The van der Waals surface area contributed by atoms with Crippen LogP contribution >= 0.6 is 27.5 Å². The minimum Gasteiger partial charge on any atom is -0.444 e. The normalized spacial score (nSPS) is 19.2. The molecule has 3 heterocycles. The Hall–Kier alpha value is -2.06. The fourth-order valence-corrected chi connectivity index (χ4v) is 4.05. The number of pyridine rings is 1. The Kier molecular flexibility index (Phi) is 4.66. The number of aromatic nitrogens is 1. The molecule has 2 aliphatic rings. The number of hydrogen-bond acceptors (Lipinski definition) is 5. The number of benzene rings is 1. The first-order valence-electron chi connectivity index (χ1n) is 8.97. The van der Waals surface area contributed by atoms with Gasteiger partial charge in [0, 0.05) is 22.9 Å². The summed E-state index contributed by atoms with van der Waals surface area (Å²) in [6.45, 7) is 6.71. The van der Waals surface area contributed by atoms with Crippen LogP contribution in [0, 0.1) is 0 Å². The standard InChI is InChI=1S/C19H20BrClN4O3/c1-19(2,3)28-18(27)24-4-5-25-15(9-24)17(26)23-14-8-22-13-7-11(20)12(21)6-10(13)16(14)25/h6-8,15H,4-5,9H2,1-3H3,(H,23,26)/t15-/m1/s1. The van der Waals surface area contributed by atoms with E-state index in [1.54, 1.807) is 11.1 Å². The van der Waals surface area contributed by atoms with E-state index in [2.05, 4.69) is 26.2 Å². The van der Waals surface area contributed by atoms with Gasteiger partial charge in [-0.2, -0.15) is 0 Å². The van der Waals surface area contributed by atoms with Gasteiger partial charge in [-0.1, -0.05) is 11.6 Å². The molecule has 1 saturated heterocycles. The van der Waals surface area contributed by atoms with E-state index in [-0.39, 0.29) is 12.5 Å². The molecule has 2 aliphatic heterocycles. The SMILES string of the molecule is CC(C)(C)OC(=O)N1CCN2c3c(cnc4cc(Br)c(Cl)cc34)NC(=O)[C@H]2C1. The van der Waals surface area contributed by atoms with Crippen molar-refractivity contribution in [2.75, 3.05) is 29.9 Å². The molecule has 4 rings (SSSR count). The molecule has 0 saturated carbocycles. The number of nitrogens with one attached hydrogen (secondary N) is 1. The van der Waals surface area contributed by atoms with Crippen molar-refractivity contribution in [1.29, 1.82) is 0 Å². The highest BCUT2D eigenvalue weighted by Gasteiger charge is 2.40. The Balaban J connectivity index is 1.70. The highest BCUT2D eigenvalue weighted by molar-refractivity contribution is 9.10. The Labute approximate surface area is 176 Å². The Morgan fingerprint density at radius 2 is 2.11 bits per heavy atom. The van der Waals surface area contributed by atoms with Crippen LogP contribution in [-0.2, 0) is 9.53 Å². The predicted octanol–water partition coefficient (Wildman–Crippen LogP) is 4.03. The van der Waals surface area contributed by atoms with Crippen molar-refractivity contribution in [1.82, 2.24) is 9.88 Å². The number of fused-ring (bicyclic) bond motifs is 5. The summed E-state index contributed by atoms with van der Waals surface area (Å²) in [4.78, 5) is 33.2. The zero-order valence-electron chi connectivity index (χ0n) is 15.8. The van der Waals surface area contributed by atoms with Crippen LogP contribution in [0.1, 0.15) is 20.8 Å². The summed E-state index contributed by atoms with van der Waals surface area (Å²) >= 11 is 9.74. The van der Waals surface area contributed by atoms with Gasteiger partial charge in [-0.15, -0.1) is 0 Å². The summed E-state index contributed by atoms with van der Waals surface area (Å²) in [5.41, 5.74) is 1.73. The number of amides is 2. The molecule has 0 bridgehead atoms. The van der Waals surface area contributed by atoms with E-state index in [1.807, 2.05) is 37.8 Å². The van der Waals surface area contributed by atoms with E-state index < -0.39 is 17.7 Å². The van der Waals surface area contributed by atoms with Crippen molar-refractivity contribution in [3.8, 4) is 0 Å². The lowest BCUT2D eigenvalue weighted by molar-refractivity contribution is -0.118. The summed E-state index contributed by atoms with van der Waals surface area (Å²) in [6, 6.07) is 3.21. The zero-order chi connectivity index (χ0) is 20.2. The lowest BCUT2D eigenvalue weighted by Crippen LogP contribution is -2.61. The van der Waals surface area contributed by atoms with Crippen LogP contribution in [0.15, 0.2) is 22.8 Å².